The van der Waals surface area contributed by atoms with Crippen LogP contribution in [0.2, 0.25) is 0 Å². The molecule has 0 saturated heterocycles. The number of ether oxygens (including phenoxy) is 1. The number of hydrogen-bond donors (Lipinski definition) is 0. The van der Waals surface area contributed by atoms with E-state index in [0.717, 1.165) is 16.7 Å². The molecule has 0 radical (unpaired) electrons. The molecule has 2 aromatic carbocycles. The molecule has 0 spiro atoms. The maximum Gasteiger partial charge on any atom is 0.249 e. The molecule has 0 unspecified atom stereocenters. The Morgan fingerprint density at radius 2 is 1.62 bits per heavy atom. The third-order valence-corrected chi connectivity index (χ3v) is 7.29. The van der Waals surface area contributed by atoms with Crippen molar-refractivity contribution >= 4 is 10.0 Å². The molecule has 176 valence electrons. The van der Waals surface area contributed by atoms with Crippen molar-refractivity contribution < 1.29 is 22.1 Å². The summed E-state index contributed by atoms with van der Waals surface area (Å²) >= 11 is 0. The van der Waals surface area contributed by atoms with E-state index >= 15 is 0 Å². The fourth-order valence-corrected chi connectivity index (χ4v) is 5.24. The Kier molecular flexibility index (Phi) is 7.04. The summed E-state index contributed by atoms with van der Waals surface area (Å²) < 4.78 is 52.4. The highest BCUT2D eigenvalue weighted by molar-refractivity contribution is 7.89. The minimum atomic E-state index is -3.89. The standard InChI is InChI=1S/C25H24FN3O4S/c1-18-25(19(2)33-28-18)34(30,31)29(16-22-4-3-13-27-14-22)15-20-7-11-24(12-8-20)32-17-21-5-9-23(26)10-6-21/h3-14H,15-17H2,1-2H3. The first kappa shape index (κ1) is 23.6. The zero-order valence-corrected chi connectivity index (χ0v) is 19.6. The number of pyridine rings is 1. The van der Waals surface area contributed by atoms with Gasteiger partial charge in [-0.15, -0.1) is 0 Å². The van der Waals surface area contributed by atoms with Crippen molar-refractivity contribution in [3.63, 3.8) is 0 Å². The third kappa shape index (κ3) is 5.49. The lowest BCUT2D eigenvalue weighted by Crippen LogP contribution is -2.31. The van der Waals surface area contributed by atoms with Gasteiger partial charge in [-0.2, -0.15) is 4.31 Å². The second kappa shape index (κ2) is 10.1. The van der Waals surface area contributed by atoms with Crippen LogP contribution in [0.1, 0.15) is 28.1 Å². The lowest BCUT2D eigenvalue weighted by atomic mass is 10.2. The predicted molar refractivity (Wildman–Crippen MR) is 124 cm³/mol. The number of aryl methyl sites for hydroxylation is 2. The summed E-state index contributed by atoms with van der Waals surface area (Å²) in [6.07, 6.45) is 3.28. The summed E-state index contributed by atoms with van der Waals surface area (Å²) in [4.78, 5) is 4.18. The molecule has 0 fully saturated rings. The number of rotatable bonds is 9. The first-order chi connectivity index (χ1) is 16.3. The molecule has 7 nitrogen and oxygen atoms in total. The van der Waals surface area contributed by atoms with E-state index in [1.54, 1.807) is 56.6 Å². The maximum atomic E-state index is 13.5. The number of benzene rings is 2. The largest absolute Gasteiger partial charge is 0.489 e. The molecule has 2 aromatic heterocycles. The number of nitrogens with zero attached hydrogens (tertiary/aromatic N) is 3. The molecule has 0 aliphatic carbocycles. The highest BCUT2D eigenvalue weighted by atomic mass is 32.2. The summed E-state index contributed by atoms with van der Waals surface area (Å²) in [6.45, 7) is 3.77. The van der Waals surface area contributed by atoms with E-state index in [0.29, 0.717) is 18.1 Å². The fraction of sp³-hybridized carbons (Fsp3) is 0.200. The van der Waals surface area contributed by atoms with Crippen LogP contribution in [-0.4, -0.2) is 22.9 Å². The number of aromatic nitrogens is 2. The number of hydrogen-bond acceptors (Lipinski definition) is 6. The molecule has 9 heteroatoms. The van der Waals surface area contributed by atoms with E-state index in [1.165, 1.54) is 16.4 Å². The van der Waals surface area contributed by atoms with Crippen LogP contribution in [0, 0.1) is 19.7 Å². The summed E-state index contributed by atoms with van der Waals surface area (Å²) in [5.74, 6) is 0.578. The molecule has 0 aliphatic rings. The van der Waals surface area contributed by atoms with Crippen LogP contribution in [0.15, 0.2) is 82.5 Å². The molecule has 0 aliphatic heterocycles. The lowest BCUT2D eigenvalue weighted by Gasteiger charge is -2.22. The van der Waals surface area contributed by atoms with Gasteiger partial charge in [0.05, 0.1) is 0 Å². The van der Waals surface area contributed by atoms with E-state index < -0.39 is 10.0 Å². The summed E-state index contributed by atoms with van der Waals surface area (Å²) in [6, 6.07) is 16.9. The van der Waals surface area contributed by atoms with Gasteiger partial charge in [0.15, 0.2) is 5.76 Å². The van der Waals surface area contributed by atoms with Crippen LogP contribution in [0.25, 0.3) is 0 Å². The molecule has 4 aromatic rings. The van der Waals surface area contributed by atoms with Crippen molar-refractivity contribution in [1.29, 1.82) is 0 Å². The van der Waals surface area contributed by atoms with Crippen molar-refractivity contribution in [2.24, 2.45) is 0 Å². The average molecular weight is 482 g/mol. The molecular weight excluding hydrogens is 457 g/mol. The Labute approximate surface area is 197 Å². The van der Waals surface area contributed by atoms with Gasteiger partial charge in [0, 0.05) is 25.5 Å². The zero-order chi connectivity index (χ0) is 24.1. The molecule has 34 heavy (non-hydrogen) atoms. The fourth-order valence-electron chi connectivity index (χ4n) is 3.54. The Bertz CT molecular complexity index is 1320. The van der Waals surface area contributed by atoms with E-state index in [9.17, 15) is 12.8 Å². The predicted octanol–water partition coefficient (Wildman–Crippen LogP) is 4.80. The monoisotopic (exact) mass is 481 g/mol. The quantitative estimate of drug-likeness (QED) is 0.342. The summed E-state index contributed by atoms with van der Waals surface area (Å²) in [5.41, 5.74) is 2.71. The maximum absolute atomic E-state index is 13.5. The minimum Gasteiger partial charge on any atom is -0.489 e. The molecule has 0 bridgehead atoms. The van der Waals surface area contributed by atoms with E-state index in [-0.39, 0.29) is 29.6 Å². The Morgan fingerprint density at radius 1 is 0.941 bits per heavy atom. The Balaban J connectivity index is 1.53. The molecular formula is C25H24FN3O4S. The zero-order valence-electron chi connectivity index (χ0n) is 18.8. The Hall–Kier alpha value is -3.56. The summed E-state index contributed by atoms with van der Waals surface area (Å²) in [5, 5.41) is 3.81. The van der Waals surface area contributed by atoms with Crippen molar-refractivity contribution in [3.05, 3.63) is 107 Å². The van der Waals surface area contributed by atoms with Gasteiger partial charge in [0.25, 0.3) is 0 Å². The van der Waals surface area contributed by atoms with Crippen LogP contribution < -0.4 is 4.74 Å². The van der Waals surface area contributed by atoms with Gasteiger partial charge in [0.1, 0.15) is 28.8 Å². The second-order valence-electron chi connectivity index (χ2n) is 7.85. The van der Waals surface area contributed by atoms with Gasteiger partial charge < -0.3 is 9.26 Å². The first-order valence-electron chi connectivity index (χ1n) is 10.6. The summed E-state index contributed by atoms with van der Waals surface area (Å²) in [7, 11) is -3.89. The second-order valence-corrected chi connectivity index (χ2v) is 9.72. The van der Waals surface area contributed by atoms with E-state index in [4.69, 9.17) is 9.26 Å². The highest BCUT2D eigenvalue weighted by Crippen LogP contribution is 2.27. The molecule has 0 amide bonds. The van der Waals surface area contributed by atoms with Gasteiger partial charge in [-0.3, -0.25) is 4.98 Å². The van der Waals surface area contributed by atoms with Gasteiger partial charge in [-0.05, 0) is 60.9 Å². The molecule has 4 rings (SSSR count). The third-order valence-electron chi connectivity index (χ3n) is 5.25. The Morgan fingerprint density at radius 3 is 2.24 bits per heavy atom. The lowest BCUT2D eigenvalue weighted by molar-refractivity contribution is 0.306. The van der Waals surface area contributed by atoms with Crippen LogP contribution in [0.5, 0.6) is 5.75 Å². The van der Waals surface area contributed by atoms with E-state index in [1.807, 2.05) is 18.2 Å². The van der Waals surface area contributed by atoms with E-state index in [2.05, 4.69) is 10.1 Å². The SMILES string of the molecule is Cc1noc(C)c1S(=O)(=O)N(Cc1ccc(OCc2ccc(F)cc2)cc1)Cc1cccnc1. The van der Waals surface area contributed by atoms with Crippen molar-refractivity contribution in [3.8, 4) is 5.75 Å². The molecule has 0 saturated carbocycles. The van der Waals surface area contributed by atoms with Crippen LogP contribution in [-0.2, 0) is 29.7 Å². The van der Waals surface area contributed by atoms with Crippen molar-refractivity contribution in [1.82, 2.24) is 14.4 Å². The van der Waals surface area contributed by atoms with Gasteiger partial charge in [0.2, 0.25) is 10.0 Å². The van der Waals surface area contributed by atoms with Crippen molar-refractivity contribution in [2.45, 2.75) is 38.4 Å². The van der Waals surface area contributed by atoms with Crippen molar-refractivity contribution in [2.75, 3.05) is 0 Å². The van der Waals surface area contributed by atoms with Crippen LogP contribution in [0.3, 0.4) is 0 Å². The number of halogens is 1. The van der Waals surface area contributed by atoms with Gasteiger partial charge in [-0.1, -0.05) is 35.5 Å². The topological polar surface area (TPSA) is 85.5 Å². The highest BCUT2D eigenvalue weighted by Gasteiger charge is 2.31. The number of sulfonamides is 1. The molecule has 2 heterocycles. The smallest absolute Gasteiger partial charge is 0.249 e. The van der Waals surface area contributed by atoms with Gasteiger partial charge in [-0.25, -0.2) is 12.8 Å². The molecule has 0 atom stereocenters. The van der Waals surface area contributed by atoms with Crippen LogP contribution in [0.4, 0.5) is 4.39 Å². The molecule has 0 N–H and O–H groups in total. The van der Waals surface area contributed by atoms with Crippen LogP contribution >= 0.6 is 0 Å². The minimum absolute atomic E-state index is 0.0793. The van der Waals surface area contributed by atoms with Gasteiger partial charge >= 0.3 is 0 Å². The average Bonchev–Trinajstić information content (AvgIpc) is 3.18. The first-order valence-corrected chi connectivity index (χ1v) is 12.0. The normalized spacial score (nSPS) is 11.6.